The minimum atomic E-state index is -4.48. The van der Waals surface area contributed by atoms with Crippen molar-refractivity contribution in [2.24, 2.45) is 0 Å². The molecule has 0 aliphatic rings. The summed E-state index contributed by atoms with van der Waals surface area (Å²) in [6.45, 7) is 0.405. The van der Waals surface area contributed by atoms with Crippen molar-refractivity contribution in [2.45, 2.75) is 12.7 Å². The number of nitrogens with one attached hydrogen (secondary N) is 1. The Bertz CT molecular complexity index is 583. The van der Waals surface area contributed by atoms with Crippen molar-refractivity contribution in [2.75, 3.05) is 11.1 Å². The van der Waals surface area contributed by atoms with E-state index in [1.165, 1.54) is 11.3 Å². The first kappa shape index (κ1) is 14.1. The van der Waals surface area contributed by atoms with Gasteiger partial charge in [0.2, 0.25) is 0 Å². The molecule has 0 aliphatic heterocycles. The molecule has 2 aromatic rings. The topological polar surface area (TPSA) is 50.9 Å². The summed E-state index contributed by atoms with van der Waals surface area (Å²) in [5, 5.41) is 4.78. The van der Waals surface area contributed by atoms with Crippen molar-refractivity contribution in [3.63, 3.8) is 0 Å². The Kier molecular flexibility index (Phi) is 4.00. The fourth-order valence-electron chi connectivity index (χ4n) is 1.40. The standard InChI is InChI=1S/C11H9BrF3N3S/c12-6-1-7(19-5-6)3-17-9-2-10(11(13,14)15)18-4-8(9)16/h1-2,4-5H,3,16H2,(H,17,18). The monoisotopic (exact) mass is 351 g/mol. The van der Waals surface area contributed by atoms with Gasteiger partial charge in [-0.2, -0.15) is 13.2 Å². The van der Waals surface area contributed by atoms with Crippen molar-refractivity contribution in [3.05, 3.63) is 38.8 Å². The molecule has 3 nitrogen and oxygen atoms in total. The van der Waals surface area contributed by atoms with E-state index in [0.717, 1.165) is 21.6 Å². The number of pyridine rings is 1. The second kappa shape index (κ2) is 5.38. The van der Waals surface area contributed by atoms with Crippen LogP contribution in [-0.2, 0) is 12.7 Å². The predicted octanol–water partition coefficient (Wildman–Crippen LogP) is 4.12. The second-order valence-electron chi connectivity index (χ2n) is 3.74. The zero-order valence-corrected chi connectivity index (χ0v) is 11.9. The van der Waals surface area contributed by atoms with Crippen LogP contribution in [0.2, 0.25) is 0 Å². The highest BCUT2D eigenvalue weighted by Gasteiger charge is 2.32. The first-order valence-electron chi connectivity index (χ1n) is 5.16. The summed E-state index contributed by atoms with van der Waals surface area (Å²) in [6, 6.07) is 2.80. The van der Waals surface area contributed by atoms with Gasteiger partial charge in [-0.05, 0) is 28.1 Å². The van der Waals surface area contributed by atoms with Crippen LogP contribution in [0.3, 0.4) is 0 Å². The largest absolute Gasteiger partial charge is 0.433 e. The number of hydrogen-bond donors (Lipinski definition) is 2. The van der Waals surface area contributed by atoms with E-state index in [0.29, 0.717) is 6.54 Å². The molecule has 2 heterocycles. The molecular weight excluding hydrogens is 343 g/mol. The fraction of sp³-hybridized carbons (Fsp3) is 0.182. The number of rotatable bonds is 3. The third-order valence-electron chi connectivity index (χ3n) is 2.30. The molecule has 0 spiro atoms. The number of halogens is 4. The third kappa shape index (κ3) is 3.60. The SMILES string of the molecule is Nc1cnc(C(F)(F)F)cc1NCc1cc(Br)cs1. The van der Waals surface area contributed by atoms with Gasteiger partial charge in [-0.25, -0.2) is 4.98 Å². The average Bonchev–Trinajstić information content (AvgIpc) is 2.72. The highest BCUT2D eigenvalue weighted by molar-refractivity contribution is 9.10. The summed E-state index contributed by atoms with van der Waals surface area (Å²) in [4.78, 5) is 4.26. The quantitative estimate of drug-likeness (QED) is 0.874. The maximum Gasteiger partial charge on any atom is 0.433 e. The molecule has 0 saturated heterocycles. The van der Waals surface area contributed by atoms with Gasteiger partial charge in [-0.15, -0.1) is 11.3 Å². The number of nitrogens with two attached hydrogens (primary N) is 1. The lowest BCUT2D eigenvalue weighted by molar-refractivity contribution is -0.141. The number of thiophene rings is 1. The molecule has 8 heteroatoms. The Morgan fingerprint density at radius 3 is 2.68 bits per heavy atom. The van der Waals surface area contributed by atoms with Crippen molar-refractivity contribution >= 4 is 38.6 Å². The van der Waals surface area contributed by atoms with Crippen molar-refractivity contribution < 1.29 is 13.2 Å². The van der Waals surface area contributed by atoms with Gasteiger partial charge in [0, 0.05) is 21.3 Å². The summed E-state index contributed by atoms with van der Waals surface area (Å²) in [6.07, 6.45) is -3.47. The molecule has 0 saturated carbocycles. The Morgan fingerprint density at radius 1 is 1.37 bits per heavy atom. The Hall–Kier alpha value is -1.28. The van der Waals surface area contributed by atoms with E-state index >= 15 is 0 Å². The molecule has 2 rings (SSSR count). The number of alkyl halides is 3. The van der Waals surface area contributed by atoms with Gasteiger partial charge in [0.05, 0.1) is 17.6 Å². The van der Waals surface area contributed by atoms with Crippen molar-refractivity contribution in [1.82, 2.24) is 4.98 Å². The van der Waals surface area contributed by atoms with Gasteiger partial charge in [-0.3, -0.25) is 0 Å². The first-order chi connectivity index (χ1) is 8.86. The summed E-state index contributed by atoms with van der Waals surface area (Å²) < 4.78 is 38.5. The van der Waals surface area contributed by atoms with Crippen LogP contribution in [0.4, 0.5) is 24.5 Å². The van der Waals surface area contributed by atoms with Gasteiger partial charge in [0.15, 0.2) is 0 Å². The summed E-state index contributed by atoms with van der Waals surface area (Å²) >= 11 is 4.81. The fourth-order valence-corrected chi connectivity index (χ4v) is 2.79. The van der Waals surface area contributed by atoms with E-state index in [1.54, 1.807) is 0 Å². The number of anilines is 2. The Labute approximate surface area is 119 Å². The number of hydrogen-bond acceptors (Lipinski definition) is 4. The van der Waals surface area contributed by atoms with Gasteiger partial charge < -0.3 is 11.1 Å². The van der Waals surface area contributed by atoms with E-state index in [1.807, 2.05) is 11.4 Å². The zero-order chi connectivity index (χ0) is 14.0. The molecule has 3 N–H and O–H groups in total. The Morgan fingerprint density at radius 2 is 2.11 bits per heavy atom. The number of nitrogen functional groups attached to an aromatic ring is 1. The zero-order valence-electron chi connectivity index (χ0n) is 9.46. The molecular formula is C11H9BrF3N3S. The summed E-state index contributed by atoms with van der Waals surface area (Å²) in [7, 11) is 0. The van der Waals surface area contributed by atoms with Crippen LogP contribution in [0.25, 0.3) is 0 Å². The van der Waals surface area contributed by atoms with Gasteiger partial charge in [0.25, 0.3) is 0 Å². The Balaban J connectivity index is 2.15. The highest BCUT2D eigenvalue weighted by Crippen LogP contribution is 2.31. The van der Waals surface area contributed by atoms with Crippen LogP contribution in [0.1, 0.15) is 10.6 Å². The normalized spacial score (nSPS) is 11.6. The third-order valence-corrected chi connectivity index (χ3v) is 4.00. The van der Waals surface area contributed by atoms with Crippen LogP contribution in [-0.4, -0.2) is 4.98 Å². The second-order valence-corrected chi connectivity index (χ2v) is 5.65. The highest BCUT2D eigenvalue weighted by atomic mass is 79.9. The molecule has 0 fully saturated rings. The van der Waals surface area contributed by atoms with E-state index in [-0.39, 0.29) is 11.4 Å². The molecule has 0 aromatic carbocycles. The van der Waals surface area contributed by atoms with Crippen LogP contribution in [0.15, 0.2) is 28.2 Å². The lowest BCUT2D eigenvalue weighted by Gasteiger charge is -2.11. The lowest BCUT2D eigenvalue weighted by atomic mass is 10.2. The molecule has 19 heavy (non-hydrogen) atoms. The van der Waals surface area contributed by atoms with Gasteiger partial charge in [0.1, 0.15) is 5.69 Å². The van der Waals surface area contributed by atoms with E-state index in [2.05, 4.69) is 26.2 Å². The first-order valence-corrected chi connectivity index (χ1v) is 6.83. The molecule has 0 aliphatic carbocycles. The van der Waals surface area contributed by atoms with E-state index < -0.39 is 11.9 Å². The van der Waals surface area contributed by atoms with Gasteiger partial charge >= 0.3 is 6.18 Å². The van der Waals surface area contributed by atoms with E-state index in [9.17, 15) is 13.2 Å². The van der Waals surface area contributed by atoms with E-state index in [4.69, 9.17) is 5.73 Å². The van der Waals surface area contributed by atoms with Crippen molar-refractivity contribution in [3.8, 4) is 0 Å². The minimum Gasteiger partial charge on any atom is -0.396 e. The maximum atomic E-state index is 12.5. The lowest BCUT2D eigenvalue weighted by Crippen LogP contribution is -2.10. The molecule has 0 bridgehead atoms. The number of nitrogens with zero attached hydrogens (tertiary/aromatic N) is 1. The molecule has 102 valence electrons. The van der Waals surface area contributed by atoms with Crippen molar-refractivity contribution in [1.29, 1.82) is 0 Å². The predicted molar refractivity (Wildman–Crippen MR) is 73.0 cm³/mol. The van der Waals surface area contributed by atoms with Gasteiger partial charge in [-0.1, -0.05) is 0 Å². The van der Waals surface area contributed by atoms with Crippen LogP contribution in [0.5, 0.6) is 0 Å². The van der Waals surface area contributed by atoms with Crippen LogP contribution in [0, 0.1) is 0 Å². The smallest absolute Gasteiger partial charge is 0.396 e. The molecule has 0 radical (unpaired) electrons. The molecule has 0 atom stereocenters. The maximum absolute atomic E-state index is 12.5. The molecule has 0 amide bonds. The summed E-state index contributed by atoms with van der Waals surface area (Å²) in [5.41, 5.74) is 5.05. The minimum absolute atomic E-state index is 0.184. The molecule has 2 aromatic heterocycles. The van der Waals surface area contributed by atoms with Crippen LogP contribution < -0.4 is 11.1 Å². The van der Waals surface area contributed by atoms with Crippen LogP contribution >= 0.6 is 27.3 Å². The average molecular weight is 352 g/mol. The summed E-state index contributed by atoms with van der Waals surface area (Å²) in [5.74, 6) is 0. The number of aromatic nitrogens is 1. The molecule has 0 unspecified atom stereocenters.